The van der Waals surface area contributed by atoms with Gasteiger partial charge in [-0.1, -0.05) is 36.4 Å². The Morgan fingerprint density at radius 1 is 1.03 bits per heavy atom. The number of aromatic nitrogens is 2. The number of imidazole rings is 1. The van der Waals surface area contributed by atoms with E-state index in [1.54, 1.807) is 25.6 Å². The van der Waals surface area contributed by atoms with Crippen LogP contribution >= 0.6 is 0 Å². The highest BCUT2D eigenvalue weighted by Gasteiger charge is 2.11. The summed E-state index contributed by atoms with van der Waals surface area (Å²) in [5.41, 5.74) is 4.11. The summed E-state index contributed by atoms with van der Waals surface area (Å²) in [6.45, 7) is 3.81. The third-order valence-corrected chi connectivity index (χ3v) is 5.99. The van der Waals surface area contributed by atoms with Crippen molar-refractivity contribution in [3.8, 4) is 0 Å². The molecule has 0 saturated carbocycles. The Kier molecular flexibility index (Phi) is 6.89. The Morgan fingerprint density at radius 3 is 2.23 bits per heavy atom. The molecule has 0 atom stereocenters. The van der Waals surface area contributed by atoms with Gasteiger partial charge in [-0.3, -0.25) is 4.99 Å². The zero-order chi connectivity index (χ0) is 21.6. The van der Waals surface area contributed by atoms with Crippen LogP contribution < -0.4 is 10.6 Å². The number of hydrogen-bond acceptors (Lipinski definition) is 4. The number of nitrogens with zero attached hydrogens (tertiary/aromatic N) is 3. The molecule has 0 fully saturated rings. The third kappa shape index (κ3) is 5.93. The molecule has 0 radical (unpaired) electrons. The molecule has 0 aliphatic carbocycles. The molecular formula is C22H27N5O2S. The first-order valence-electron chi connectivity index (χ1n) is 9.63. The van der Waals surface area contributed by atoms with Crippen molar-refractivity contribution in [3.63, 3.8) is 0 Å². The first kappa shape index (κ1) is 21.6. The summed E-state index contributed by atoms with van der Waals surface area (Å²) in [7, 11) is -1.48. The van der Waals surface area contributed by atoms with Crippen molar-refractivity contribution in [3.05, 3.63) is 83.4 Å². The van der Waals surface area contributed by atoms with Gasteiger partial charge >= 0.3 is 0 Å². The van der Waals surface area contributed by atoms with Crippen LogP contribution in [0.5, 0.6) is 0 Å². The standard InChI is InChI=1S/C22H27N5O2S/c1-17-12-20(8-9-21(17)30(3,28)29)14-26-22(23-2)25-13-18-4-6-19(7-5-18)15-27-11-10-24-16-27/h4-12,16H,13-15H2,1-3H3,(H2,23,25,26). The number of rotatable bonds is 7. The Balaban J connectivity index is 1.52. The normalized spacial score (nSPS) is 12.0. The molecule has 0 aliphatic rings. The number of aryl methyl sites for hydroxylation is 1. The molecule has 3 rings (SSSR count). The SMILES string of the molecule is CN=C(NCc1ccc(Cn2ccnc2)cc1)NCc1ccc(S(C)(=O)=O)c(C)c1. The Labute approximate surface area is 177 Å². The molecule has 0 saturated heterocycles. The third-order valence-electron chi connectivity index (χ3n) is 4.73. The van der Waals surface area contributed by atoms with Crippen molar-refractivity contribution in [1.29, 1.82) is 0 Å². The van der Waals surface area contributed by atoms with E-state index in [-0.39, 0.29) is 0 Å². The van der Waals surface area contributed by atoms with Crippen LogP contribution in [0.25, 0.3) is 0 Å². The molecule has 1 heterocycles. The quantitative estimate of drug-likeness (QED) is 0.449. The maximum atomic E-state index is 11.7. The molecule has 0 unspecified atom stereocenters. The second-order valence-electron chi connectivity index (χ2n) is 7.20. The van der Waals surface area contributed by atoms with E-state index in [0.717, 1.165) is 23.2 Å². The van der Waals surface area contributed by atoms with E-state index >= 15 is 0 Å². The summed E-state index contributed by atoms with van der Waals surface area (Å²) in [4.78, 5) is 8.68. The van der Waals surface area contributed by atoms with Gasteiger partial charge in [0, 0.05) is 45.3 Å². The summed E-state index contributed by atoms with van der Waals surface area (Å²) in [6, 6.07) is 13.8. The van der Waals surface area contributed by atoms with Crippen LogP contribution in [0, 0.1) is 6.92 Å². The Morgan fingerprint density at radius 2 is 1.67 bits per heavy atom. The van der Waals surface area contributed by atoms with E-state index < -0.39 is 9.84 Å². The molecule has 7 nitrogen and oxygen atoms in total. The van der Waals surface area contributed by atoms with E-state index in [0.29, 0.717) is 23.9 Å². The van der Waals surface area contributed by atoms with Gasteiger partial charge in [0.15, 0.2) is 15.8 Å². The molecule has 3 aromatic rings. The topological polar surface area (TPSA) is 88.4 Å². The molecule has 2 aromatic carbocycles. The first-order valence-corrected chi connectivity index (χ1v) is 11.5. The smallest absolute Gasteiger partial charge is 0.191 e. The molecule has 0 amide bonds. The molecule has 2 N–H and O–H groups in total. The number of aliphatic imine (C=N–C) groups is 1. The van der Waals surface area contributed by atoms with E-state index in [4.69, 9.17) is 0 Å². The predicted octanol–water partition coefficient (Wildman–Crippen LogP) is 2.51. The monoisotopic (exact) mass is 425 g/mol. The number of nitrogens with one attached hydrogen (secondary N) is 2. The summed E-state index contributed by atoms with van der Waals surface area (Å²) in [5, 5.41) is 6.56. The maximum absolute atomic E-state index is 11.7. The highest BCUT2D eigenvalue weighted by atomic mass is 32.2. The average Bonchev–Trinajstić information content (AvgIpc) is 3.21. The lowest BCUT2D eigenvalue weighted by Gasteiger charge is -2.13. The second kappa shape index (κ2) is 9.58. The number of guanidine groups is 1. The van der Waals surface area contributed by atoms with Gasteiger partial charge in [-0.15, -0.1) is 0 Å². The molecule has 1 aromatic heterocycles. The minimum Gasteiger partial charge on any atom is -0.352 e. The highest BCUT2D eigenvalue weighted by molar-refractivity contribution is 7.90. The first-order chi connectivity index (χ1) is 14.3. The van der Waals surface area contributed by atoms with Crippen molar-refractivity contribution in [2.45, 2.75) is 31.5 Å². The van der Waals surface area contributed by atoms with Crippen LogP contribution in [0.15, 0.2) is 71.1 Å². The summed E-state index contributed by atoms with van der Waals surface area (Å²) in [5.74, 6) is 0.683. The highest BCUT2D eigenvalue weighted by Crippen LogP contribution is 2.16. The molecule has 8 heteroatoms. The number of hydrogen-bond donors (Lipinski definition) is 2. The maximum Gasteiger partial charge on any atom is 0.191 e. The molecule has 0 bridgehead atoms. The van der Waals surface area contributed by atoms with Crippen molar-refractivity contribution in [1.82, 2.24) is 20.2 Å². The van der Waals surface area contributed by atoms with Crippen LogP contribution in [0.1, 0.15) is 22.3 Å². The van der Waals surface area contributed by atoms with E-state index in [2.05, 4.69) is 44.9 Å². The second-order valence-corrected chi connectivity index (χ2v) is 9.19. The van der Waals surface area contributed by atoms with Crippen LogP contribution in [-0.2, 0) is 29.5 Å². The Hall–Kier alpha value is -3.13. The average molecular weight is 426 g/mol. The molecule has 0 spiro atoms. The van der Waals surface area contributed by atoms with Gasteiger partial charge in [0.05, 0.1) is 11.2 Å². The molecule has 158 valence electrons. The van der Waals surface area contributed by atoms with Crippen LogP contribution in [0.4, 0.5) is 0 Å². The lowest BCUT2D eigenvalue weighted by atomic mass is 10.1. The molecule has 30 heavy (non-hydrogen) atoms. The molecular weight excluding hydrogens is 398 g/mol. The largest absolute Gasteiger partial charge is 0.352 e. The van der Waals surface area contributed by atoms with Crippen molar-refractivity contribution in [2.75, 3.05) is 13.3 Å². The molecule has 0 aliphatic heterocycles. The van der Waals surface area contributed by atoms with Crippen LogP contribution in [-0.4, -0.2) is 37.2 Å². The van der Waals surface area contributed by atoms with Crippen molar-refractivity contribution in [2.24, 2.45) is 4.99 Å². The predicted molar refractivity (Wildman–Crippen MR) is 119 cm³/mol. The van der Waals surface area contributed by atoms with Gasteiger partial charge in [0.2, 0.25) is 0 Å². The van der Waals surface area contributed by atoms with Crippen molar-refractivity contribution < 1.29 is 8.42 Å². The zero-order valence-electron chi connectivity index (χ0n) is 17.5. The summed E-state index contributed by atoms with van der Waals surface area (Å²) < 4.78 is 25.5. The summed E-state index contributed by atoms with van der Waals surface area (Å²) in [6.07, 6.45) is 6.75. The lowest BCUT2D eigenvalue weighted by molar-refractivity contribution is 0.601. The Bertz CT molecular complexity index is 1100. The van der Waals surface area contributed by atoms with E-state index in [1.165, 1.54) is 11.8 Å². The van der Waals surface area contributed by atoms with Crippen LogP contribution in [0.2, 0.25) is 0 Å². The number of benzene rings is 2. The van der Waals surface area contributed by atoms with Gasteiger partial charge in [0.25, 0.3) is 0 Å². The minimum atomic E-state index is -3.20. The van der Waals surface area contributed by atoms with Crippen molar-refractivity contribution >= 4 is 15.8 Å². The van der Waals surface area contributed by atoms with E-state index in [9.17, 15) is 8.42 Å². The fourth-order valence-electron chi connectivity index (χ4n) is 3.18. The summed E-state index contributed by atoms with van der Waals surface area (Å²) >= 11 is 0. The minimum absolute atomic E-state index is 0.366. The number of sulfone groups is 1. The van der Waals surface area contributed by atoms with Crippen LogP contribution in [0.3, 0.4) is 0 Å². The van der Waals surface area contributed by atoms with Gasteiger partial charge in [-0.05, 0) is 35.2 Å². The van der Waals surface area contributed by atoms with Gasteiger partial charge < -0.3 is 15.2 Å². The fourth-order valence-corrected chi connectivity index (χ4v) is 4.14. The van der Waals surface area contributed by atoms with Gasteiger partial charge in [-0.2, -0.15) is 0 Å². The lowest BCUT2D eigenvalue weighted by Crippen LogP contribution is -2.36. The fraction of sp³-hybridized carbons (Fsp3) is 0.273. The van der Waals surface area contributed by atoms with Gasteiger partial charge in [0.1, 0.15) is 0 Å². The van der Waals surface area contributed by atoms with E-state index in [1.807, 2.05) is 29.8 Å². The zero-order valence-corrected chi connectivity index (χ0v) is 18.3. The van der Waals surface area contributed by atoms with Gasteiger partial charge in [-0.25, -0.2) is 13.4 Å².